The molecule has 1 heterocycles. The van der Waals surface area contributed by atoms with Crippen molar-refractivity contribution < 1.29 is 9.53 Å². The Bertz CT molecular complexity index is 1140. The van der Waals surface area contributed by atoms with Crippen molar-refractivity contribution in [2.45, 2.75) is 26.3 Å². The Hall–Kier alpha value is -2.74. The average Bonchev–Trinajstić information content (AvgIpc) is 2.91. The minimum Gasteiger partial charge on any atom is -0.493 e. The third kappa shape index (κ3) is 7.40. The predicted octanol–water partition coefficient (Wildman–Crippen LogP) is 6.30. The lowest BCUT2D eigenvalue weighted by Crippen LogP contribution is -2.53. The second kappa shape index (κ2) is 13.2. The molecule has 3 aromatic rings. The molecule has 1 aliphatic rings. The van der Waals surface area contributed by atoms with E-state index in [-0.39, 0.29) is 11.9 Å². The van der Waals surface area contributed by atoms with Gasteiger partial charge in [0, 0.05) is 30.7 Å². The molecule has 0 atom stereocenters. The molecule has 5 nitrogen and oxygen atoms in total. The van der Waals surface area contributed by atoms with Gasteiger partial charge in [-0.1, -0.05) is 90.4 Å². The largest absolute Gasteiger partial charge is 0.493 e. The van der Waals surface area contributed by atoms with Gasteiger partial charge in [-0.05, 0) is 53.9 Å². The van der Waals surface area contributed by atoms with Crippen LogP contribution in [0.4, 0.5) is 0 Å². The second-order valence-corrected chi connectivity index (χ2v) is 11.0. The van der Waals surface area contributed by atoms with Crippen molar-refractivity contribution in [2.24, 2.45) is 5.92 Å². The number of rotatable bonds is 8. The molecule has 0 saturated carbocycles. The third-order valence-electron chi connectivity index (χ3n) is 6.56. The van der Waals surface area contributed by atoms with Gasteiger partial charge >= 0.3 is 0 Å². The predicted molar refractivity (Wildman–Crippen MR) is 157 cm³/mol. The molecule has 194 valence electrons. The number of halogens is 1. The maximum atomic E-state index is 13.2. The van der Waals surface area contributed by atoms with Crippen molar-refractivity contribution in [1.82, 2.24) is 15.1 Å². The highest BCUT2D eigenvalue weighted by Gasteiger charge is 2.28. The molecule has 0 bridgehead atoms. The smallest absolute Gasteiger partial charge is 0.261 e. The normalized spacial score (nSPS) is 14.1. The summed E-state index contributed by atoms with van der Waals surface area (Å²) in [5.74, 6) is 0.851. The van der Waals surface area contributed by atoms with E-state index in [1.54, 1.807) is 6.07 Å². The number of nitrogens with one attached hydrogen (secondary N) is 1. The van der Waals surface area contributed by atoms with Crippen LogP contribution in [0.25, 0.3) is 0 Å². The van der Waals surface area contributed by atoms with E-state index < -0.39 is 0 Å². The average molecular weight is 581 g/mol. The molecule has 0 aliphatic carbocycles. The van der Waals surface area contributed by atoms with Crippen LogP contribution in [0.15, 0.2) is 83.3 Å². The molecule has 1 amide bonds. The number of hydrogen-bond donors (Lipinski definition) is 1. The van der Waals surface area contributed by atoms with E-state index >= 15 is 0 Å². The van der Waals surface area contributed by atoms with E-state index in [2.05, 4.69) is 106 Å². The van der Waals surface area contributed by atoms with Crippen LogP contribution in [0.2, 0.25) is 0 Å². The summed E-state index contributed by atoms with van der Waals surface area (Å²) in [5.41, 5.74) is 3.03. The number of hydrogen-bond acceptors (Lipinski definition) is 4. The van der Waals surface area contributed by atoms with Crippen molar-refractivity contribution in [2.75, 3.05) is 32.8 Å². The minimum atomic E-state index is -0.250. The topological polar surface area (TPSA) is 44.8 Å². The summed E-state index contributed by atoms with van der Waals surface area (Å²) in [6, 6.07) is 26.9. The summed E-state index contributed by atoms with van der Waals surface area (Å²) >= 11 is 9.14. The van der Waals surface area contributed by atoms with Gasteiger partial charge in [0.25, 0.3) is 5.91 Å². The molecule has 0 aromatic heterocycles. The first-order chi connectivity index (χ1) is 17.9. The number of piperazine rings is 1. The molecule has 0 spiro atoms. The van der Waals surface area contributed by atoms with Crippen molar-refractivity contribution in [3.63, 3.8) is 0 Å². The molecule has 7 heteroatoms. The fraction of sp³-hybridized carbons (Fsp3) is 0.333. The van der Waals surface area contributed by atoms with Crippen LogP contribution >= 0.6 is 28.1 Å². The van der Waals surface area contributed by atoms with Crippen molar-refractivity contribution in [3.05, 3.63) is 100 Å². The van der Waals surface area contributed by atoms with Crippen molar-refractivity contribution in [1.29, 1.82) is 0 Å². The minimum absolute atomic E-state index is 0.180. The molecule has 37 heavy (non-hydrogen) atoms. The fourth-order valence-corrected chi connectivity index (χ4v) is 5.16. The lowest BCUT2D eigenvalue weighted by atomic mass is 9.96. The summed E-state index contributed by atoms with van der Waals surface area (Å²) in [6.07, 6.45) is 0.923. The first kappa shape index (κ1) is 27.3. The molecular formula is C30H34BrN3O2S. The van der Waals surface area contributed by atoms with E-state index in [4.69, 9.17) is 17.0 Å². The first-order valence-corrected chi connectivity index (χ1v) is 14.0. The van der Waals surface area contributed by atoms with E-state index in [0.29, 0.717) is 29.0 Å². The van der Waals surface area contributed by atoms with Gasteiger partial charge in [-0.15, -0.1) is 0 Å². The monoisotopic (exact) mass is 579 g/mol. The molecule has 4 rings (SSSR count). The molecule has 1 aliphatic heterocycles. The van der Waals surface area contributed by atoms with Gasteiger partial charge in [0.05, 0.1) is 18.2 Å². The van der Waals surface area contributed by atoms with Gasteiger partial charge in [-0.3, -0.25) is 15.0 Å². The van der Waals surface area contributed by atoms with Crippen molar-refractivity contribution >= 4 is 39.2 Å². The highest BCUT2D eigenvalue weighted by molar-refractivity contribution is 9.10. The number of carbonyl (C=O) groups excluding carboxylic acids is 1. The van der Waals surface area contributed by atoms with E-state index in [9.17, 15) is 4.79 Å². The van der Waals surface area contributed by atoms with Crippen LogP contribution in [0, 0.1) is 5.92 Å². The van der Waals surface area contributed by atoms with Gasteiger partial charge in [0.15, 0.2) is 5.11 Å². The Kier molecular flexibility index (Phi) is 9.72. The van der Waals surface area contributed by atoms with E-state index in [0.717, 1.165) is 37.1 Å². The Labute approximate surface area is 233 Å². The Morgan fingerprint density at radius 1 is 0.946 bits per heavy atom. The maximum Gasteiger partial charge on any atom is 0.261 e. The van der Waals surface area contributed by atoms with Crippen LogP contribution in [-0.4, -0.2) is 53.6 Å². The zero-order chi connectivity index (χ0) is 26.2. The quantitative estimate of drug-likeness (QED) is 0.317. The van der Waals surface area contributed by atoms with Crippen LogP contribution in [0.1, 0.15) is 47.8 Å². The standard InChI is InChI=1S/C30H34BrN3O2S/c1-22(2)15-20-36-27-14-13-25(31)21-26(27)29(35)32-30(37)34-18-16-33(17-19-34)28(23-9-5-3-6-10-23)24-11-7-4-8-12-24/h3-14,21-22,28H,15-20H2,1-2H3,(H,32,35,37). The Balaban J connectivity index is 1.40. The molecular weight excluding hydrogens is 546 g/mol. The highest BCUT2D eigenvalue weighted by Crippen LogP contribution is 2.29. The van der Waals surface area contributed by atoms with Crippen molar-refractivity contribution in [3.8, 4) is 5.75 Å². The zero-order valence-corrected chi connectivity index (χ0v) is 23.8. The molecule has 1 saturated heterocycles. The van der Waals surface area contributed by atoms with Crippen LogP contribution in [0.5, 0.6) is 5.75 Å². The number of amides is 1. The first-order valence-electron chi connectivity index (χ1n) is 12.8. The molecule has 1 N–H and O–H groups in total. The number of nitrogens with zero attached hydrogens (tertiary/aromatic N) is 2. The van der Waals surface area contributed by atoms with Crippen LogP contribution in [0.3, 0.4) is 0 Å². The van der Waals surface area contributed by atoms with Gasteiger partial charge in [0.2, 0.25) is 0 Å². The van der Waals surface area contributed by atoms with E-state index in [1.807, 2.05) is 12.1 Å². The van der Waals surface area contributed by atoms with Gasteiger partial charge in [-0.2, -0.15) is 0 Å². The fourth-order valence-electron chi connectivity index (χ4n) is 4.52. The zero-order valence-electron chi connectivity index (χ0n) is 21.4. The number of benzene rings is 3. The van der Waals surface area contributed by atoms with Gasteiger partial charge < -0.3 is 9.64 Å². The number of carbonyl (C=O) groups is 1. The van der Waals surface area contributed by atoms with Crippen LogP contribution in [-0.2, 0) is 0 Å². The van der Waals surface area contributed by atoms with E-state index in [1.165, 1.54) is 11.1 Å². The summed E-state index contributed by atoms with van der Waals surface area (Å²) < 4.78 is 6.75. The second-order valence-electron chi connectivity index (χ2n) is 9.68. The molecule has 0 unspecified atom stereocenters. The third-order valence-corrected chi connectivity index (χ3v) is 7.41. The summed E-state index contributed by atoms with van der Waals surface area (Å²) in [5, 5.41) is 3.39. The summed E-state index contributed by atoms with van der Waals surface area (Å²) in [7, 11) is 0. The Morgan fingerprint density at radius 2 is 1.54 bits per heavy atom. The lowest BCUT2D eigenvalue weighted by molar-refractivity contribution is 0.0963. The molecule has 0 radical (unpaired) electrons. The lowest BCUT2D eigenvalue weighted by Gasteiger charge is -2.40. The highest BCUT2D eigenvalue weighted by atomic mass is 79.9. The summed E-state index contributed by atoms with van der Waals surface area (Å²) in [6.45, 7) is 8.03. The van der Waals surface area contributed by atoms with Gasteiger partial charge in [-0.25, -0.2) is 0 Å². The summed E-state index contributed by atoms with van der Waals surface area (Å²) in [4.78, 5) is 17.7. The van der Waals surface area contributed by atoms with Crippen LogP contribution < -0.4 is 10.1 Å². The molecule has 1 fully saturated rings. The molecule has 3 aromatic carbocycles. The Morgan fingerprint density at radius 3 is 2.11 bits per heavy atom. The SMILES string of the molecule is CC(C)CCOc1ccc(Br)cc1C(=O)NC(=S)N1CCN(C(c2ccccc2)c2ccccc2)CC1. The van der Waals surface area contributed by atoms with Gasteiger partial charge in [0.1, 0.15) is 5.75 Å². The number of thiocarbonyl (C=S) groups is 1. The maximum absolute atomic E-state index is 13.2. The number of ether oxygens (including phenoxy) is 1.